The van der Waals surface area contributed by atoms with Crippen molar-refractivity contribution in [1.82, 2.24) is 4.90 Å². The molecule has 1 aliphatic carbocycles. The summed E-state index contributed by atoms with van der Waals surface area (Å²) in [6.07, 6.45) is 2.56. The monoisotopic (exact) mass is 198 g/mol. The molecule has 2 N–H and O–H groups in total. The third-order valence-electron chi connectivity index (χ3n) is 4.31. The lowest BCUT2D eigenvalue weighted by atomic mass is 9.92. The van der Waals surface area contributed by atoms with Gasteiger partial charge in [-0.05, 0) is 57.7 Å². The molecule has 0 bridgehead atoms. The first-order valence-electron chi connectivity index (χ1n) is 5.75. The Morgan fingerprint density at radius 2 is 1.86 bits per heavy atom. The van der Waals surface area contributed by atoms with Gasteiger partial charge < -0.3 is 10.6 Å². The molecule has 14 heavy (non-hydrogen) atoms. The molecule has 84 valence electrons. The second-order valence-electron chi connectivity index (χ2n) is 5.87. The number of rotatable bonds is 5. The average Bonchev–Trinajstić information content (AvgIpc) is 2.65. The molecular formula is C12H26N2. The molecule has 0 spiro atoms. The van der Waals surface area contributed by atoms with E-state index in [4.69, 9.17) is 5.73 Å². The van der Waals surface area contributed by atoms with Crippen molar-refractivity contribution in [2.75, 3.05) is 20.1 Å². The summed E-state index contributed by atoms with van der Waals surface area (Å²) < 4.78 is 0. The maximum absolute atomic E-state index is 5.89. The highest BCUT2D eigenvalue weighted by molar-refractivity contribution is 5.10. The first-order chi connectivity index (χ1) is 6.34. The van der Waals surface area contributed by atoms with Crippen LogP contribution >= 0.6 is 0 Å². The lowest BCUT2D eigenvalue weighted by Crippen LogP contribution is -2.31. The van der Waals surface area contributed by atoms with Gasteiger partial charge in [0.25, 0.3) is 0 Å². The van der Waals surface area contributed by atoms with Gasteiger partial charge in [0.05, 0.1) is 0 Å². The summed E-state index contributed by atoms with van der Waals surface area (Å²) in [4.78, 5) is 2.41. The van der Waals surface area contributed by atoms with Gasteiger partial charge in [0.1, 0.15) is 0 Å². The second kappa shape index (κ2) is 3.82. The Labute approximate surface area is 88.8 Å². The normalized spacial score (nSPS) is 30.0. The van der Waals surface area contributed by atoms with Crippen LogP contribution in [0.15, 0.2) is 0 Å². The van der Waals surface area contributed by atoms with Crippen molar-refractivity contribution < 1.29 is 0 Å². The Hall–Kier alpha value is -0.0800. The van der Waals surface area contributed by atoms with Crippen molar-refractivity contribution in [3.63, 3.8) is 0 Å². The molecule has 1 saturated carbocycles. The van der Waals surface area contributed by atoms with E-state index in [0.717, 1.165) is 6.54 Å². The van der Waals surface area contributed by atoms with E-state index in [-0.39, 0.29) is 0 Å². The van der Waals surface area contributed by atoms with Crippen LogP contribution in [0.2, 0.25) is 0 Å². The molecule has 1 unspecified atom stereocenters. The maximum atomic E-state index is 5.89. The molecule has 0 aromatic rings. The van der Waals surface area contributed by atoms with Crippen molar-refractivity contribution >= 4 is 0 Å². The maximum Gasteiger partial charge on any atom is 0.00355 e. The Kier molecular flexibility index (Phi) is 3.27. The summed E-state index contributed by atoms with van der Waals surface area (Å²) in [5, 5.41) is 0. The minimum absolute atomic E-state index is 0.441. The quantitative estimate of drug-likeness (QED) is 0.733. The smallest absolute Gasteiger partial charge is 0.00355 e. The number of nitrogens with zero attached hydrogens (tertiary/aromatic N) is 1. The summed E-state index contributed by atoms with van der Waals surface area (Å²) in [6, 6.07) is 0.645. The molecule has 1 aliphatic rings. The van der Waals surface area contributed by atoms with Gasteiger partial charge in [-0.3, -0.25) is 0 Å². The Balaban J connectivity index is 2.38. The van der Waals surface area contributed by atoms with Crippen LogP contribution in [0.5, 0.6) is 0 Å². The van der Waals surface area contributed by atoms with Gasteiger partial charge in [-0.15, -0.1) is 0 Å². The van der Waals surface area contributed by atoms with Crippen LogP contribution in [0.3, 0.4) is 0 Å². The fraction of sp³-hybridized carbons (Fsp3) is 1.00. The summed E-state index contributed by atoms with van der Waals surface area (Å²) in [6.45, 7) is 11.2. The van der Waals surface area contributed by atoms with E-state index in [1.807, 2.05) is 0 Å². The molecule has 0 amide bonds. The van der Waals surface area contributed by atoms with Crippen LogP contribution in [-0.2, 0) is 0 Å². The molecule has 0 aromatic heterocycles. The lowest BCUT2D eigenvalue weighted by molar-refractivity contribution is 0.231. The van der Waals surface area contributed by atoms with Crippen LogP contribution in [0.4, 0.5) is 0 Å². The van der Waals surface area contributed by atoms with E-state index in [1.165, 1.54) is 19.4 Å². The van der Waals surface area contributed by atoms with Gasteiger partial charge in [-0.2, -0.15) is 0 Å². The topological polar surface area (TPSA) is 29.3 Å². The van der Waals surface area contributed by atoms with Crippen LogP contribution in [0, 0.1) is 10.8 Å². The van der Waals surface area contributed by atoms with Crippen LogP contribution in [0.1, 0.15) is 40.5 Å². The molecule has 1 fully saturated rings. The van der Waals surface area contributed by atoms with Crippen molar-refractivity contribution in [3.05, 3.63) is 0 Å². The zero-order valence-electron chi connectivity index (χ0n) is 10.4. The highest BCUT2D eigenvalue weighted by atomic mass is 15.1. The van der Waals surface area contributed by atoms with Crippen molar-refractivity contribution in [1.29, 1.82) is 0 Å². The SMILES string of the molecule is CC(C)N(C)CCC1(CN)CC1(C)C. The average molecular weight is 198 g/mol. The van der Waals surface area contributed by atoms with Crippen LogP contribution in [-0.4, -0.2) is 31.1 Å². The Morgan fingerprint density at radius 3 is 2.14 bits per heavy atom. The van der Waals surface area contributed by atoms with Gasteiger partial charge >= 0.3 is 0 Å². The fourth-order valence-corrected chi connectivity index (χ4v) is 2.33. The molecule has 0 radical (unpaired) electrons. The molecule has 1 rings (SSSR count). The van der Waals surface area contributed by atoms with Gasteiger partial charge in [-0.1, -0.05) is 13.8 Å². The number of hydrogen-bond acceptors (Lipinski definition) is 2. The molecule has 1 atom stereocenters. The lowest BCUT2D eigenvalue weighted by Gasteiger charge is -2.25. The van der Waals surface area contributed by atoms with Crippen LogP contribution < -0.4 is 5.73 Å². The standard InChI is InChI=1S/C12H26N2/c1-10(2)14(5)7-6-12(9-13)8-11(12,3)4/h10H,6-9,13H2,1-5H3. The molecule has 0 saturated heterocycles. The summed E-state index contributed by atoms with van der Waals surface area (Å²) in [5.41, 5.74) is 6.81. The van der Waals surface area contributed by atoms with E-state index < -0.39 is 0 Å². The fourth-order valence-electron chi connectivity index (χ4n) is 2.33. The molecular weight excluding hydrogens is 172 g/mol. The first-order valence-corrected chi connectivity index (χ1v) is 5.75. The minimum Gasteiger partial charge on any atom is -0.330 e. The van der Waals surface area contributed by atoms with E-state index in [0.29, 0.717) is 16.9 Å². The van der Waals surface area contributed by atoms with Gasteiger partial charge in [0, 0.05) is 6.04 Å². The predicted octanol–water partition coefficient (Wildman–Crippen LogP) is 2.09. The Bertz CT molecular complexity index is 198. The van der Waals surface area contributed by atoms with E-state index >= 15 is 0 Å². The van der Waals surface area contributed by atoms with E-state index in [2.05, 4.69) is 39.6 Å². The Morgan fingerprint density at radius 1 is 1.36 bits per heavy atom. The molecule has 0 aromatic carbocycles. The van der Waals surface area contributed by atoms with Crippen LogP contribution in [0.25, 0.3) is 0 Å². The molecule has 0 heterocycles. The molecule has 0 aliphatic heterocycles. The van der Waals surface area contributed by atoms with Gasteiger partial charge in [-0.25, -0.2) is 0 Å². The zero-order valence-corrected chi connectivity index (χ0v) is 10.4. The minimum atomic E-state index is 0.441. The van der Waals surface area contributed by atoms with E-state index in [9.17, 15) is 0 Å². The van der Waals surface area contributed by atoms with Gasteiger partial charge in [0.15, 0.2) is 0 Å². The van der Waals surface area contributed by atoms with E-state index in [1.54, 1.807) is 0 Å². The highest BCUT2D eigenvalue weighted by Gasteiger charge is 2.59. The van der Waals surface area contributed by atoms with Crippen molar-refractivity contribution in [3.8, 4) is 0 Å². The second-order valence-corrected chi connectivity index (χ2v) is 5.87. The summed E-state index contributed by atoms with van der Waals surface area (Å²) >= 11 is 0. The molecule has 2 heteroatoms. The summed E-state index contributed by atoms with van der Waals surface area (Å²) in [7, 11) is 2.20. The van der Waals surface area contributed by atoms with Crippen molar-refractivity contribution in [2.45, 2.75) is 46.6 Å². The van der Waals surface area contributed by atoms with Gasteiger partial charge in [0.2, 0.25) is 0 Å². The highest BCUT2D eigenvalue weighted by Crippen LogP contribution is 2.64. The van der Waals surface area contributed by atoms with Crippen molar-refractivity contribution in [2.24, 2.45) is 16.6 Å². The molecule has 2 nitrogen and oxygen atoms in total. The summed E-state index contributed by atoms with van der Waals surface area (Å²) in [5.74, 6) is 0. The zero-order chi connectivity index (χ0) is 11.0. The first kappa shape index (κ1) is 12.0. The third-order valence-corrected chi connectivity index (χ3v) is 4.31. The third kappa shape index (κ3) is 2.12. The predicted molar refractivity (Wildman–Crippen MR) is 62.3 cm³/mol. The largest absolute Gasteiger partial charge is 0.330 e. The number of nitrogens with two attached hydrogens (primary N) is 1. The number of hydrogen-bond donors (Lipinski definition) is 1.